The molecule has 0 aliphatic heterocycles. The monoisotopic (exact) mass is 239 g/mol. The third-order valence-corrected chi connectivity index (χ3v) is 2.65. The molecule has 0 atom stereocenters. The molecule has 0 heterocycles. The van der Waals surface area contributed by atoms with E-state index in [0.717, 1.165) is 30.0 Å². The zero-order valence-electron chi connectivity index (χ0n) is 11.0. The summed E-state index contributed by atoms with van der Waals surface area (Å²) in [5.74, 6) is 1.51. The van der Waals surface area contributed by atoms with Crippen LogP contribution in [-0.2, 0) is 17.8 Å². The van der Waals surface area contributed by atoms with E-state index in [1.54, 1.807) is 21.3 Å². The van der Waals surface area contributed by atoms with Gasteiger partial charge in [0, 0.05) is 7.11 Å². The smallest absolute Gasteiger partial charge is 0.161 e. The van der Waals surface area contributed by atoms with Crippen LogP contribution in [0.15, 0.2) is 12.1 Å². The van der Waals surface area contributed by atoms with E-state index in [1.807, 2.05) is 19.2 Å². The minimum atomic E-state index is 0.583. The van der Waals surface area contributed by atoms with Gasteiger partial charge in [-0.1, -0.05) is 0 Å². The van der Waals surface area contributed by atoms with Gasteiger partial charge in [0.1, 0.15) is 0 Å². The lowest BCUT2D eigenvalue weighted by Gasteiger charge is -2.14. The SMILES string of the molecule is CNCCc1cc(OC)c(OC)cc1COC. The highest BCUT2D eigenvalue weighted by molar-refractivity contribution is 5.47. The Kier molecular flexibility index (Phi) is 5.80. The van der Waals surface area contributed by atoms with Crippen molar-refractivity contribution in [1.29, 1.82) is 0 Å². The number of ether oxygens (including phenoxy) is 3. The molecule has 0 aliphatic rings. The normalized spacial score (nSPS) is 10.4. The van der Waals surface area contributed by atoms with Crippen LogP contribution in [0.5, 0.6) is 11.5 Å². The molecule has 0 fully saturated rings. The lowest BCUT2D eigenvalue weighted by molar-refractivity contribution is 0.183. The van der Waals surface area contributed by atoms with Crippen LogP contribution in [0.1, 0.15) is 11.1 Å². The van der Waals surface area contributed by atoms with Crippen molar-refractivity contribution in [1.82, 2.24) is 5.32 Å². The predicted molar refractivity (Wildman–Crippen MR) is 67.9 cm³/mol. The molecule has 4 nitrogen and oxygen atoms in total. The Bertz CT molecular complexity index is 353. The topological polar surface area (TPSA) is 39.7 Å². The molecular weight excluding hydrogens is 218 g/mol. The first-order valence-corrected chi connectivity index (χ1v) is 5.64. The molecular formula is C13H21NO3. The maximum Gasteiger partial charge on any atom is 0.161 e. The molecule has 0 spiro atoms. The number of hydrogen-bond acceptors (Lipinski definition) is 4. The van der Waals surface area contributed by atoms with E-state index in [2.05, 4.69) is 5.32 Å². The second-order valence-electron chi connectivity index (χ2n) is 3.76. The summed E-state index contributed by atoms with van der Waals surface area (Å²) in [4.78, 5) is 0. The number of methoxy groups -OCH3 is 3. The summed E-state index contributed by atoms with van der Waals surface area (Å²) >= 11 is 0. The van der Waals surface area contributed by atoms with Gasteiger partial charge in [0.2, 0.25) is 0 Å². The quantitative estimate of drug-likeness (QED) is 0.784. The third kappa shape index (κ3) is 3.61. The molecule has 0 saturated carbocycles. The molecule has 1 aromatic carbocycles. The molecule has 0 amide bonds. The van der Waals surface area contributed by atoms with Crippen LogP contribution in [0.4, 0.5) is 0 Å². The van der Waals surface area contributed by atoms with Crippen LogP contribution in [0.25, 0.3) is 0 Å². The van der Waals surface area contributed by atoms with Gasteiger partial charge in [-0.2, -0.15) is 0 Å². The molecule has 4 heteroatoms. The van der Waals surface area contributed by atoms with Crippen LogP contribution in [0.3, 0.4) is 0 Å². The molecule has 1 rings (SSSR count). The summed E-state index contributed by atoms with van der Waals surface area (Å²) in [6.07, 6.45) is 0.940. The molecule has 96 valence electrons. The molecule has 17 heavy (non-hydrogen) atoms. The van der Waals surface area contributed by atoms with Gasteiger partial charge in [0.25, 0.3) is 0 Å². The average molecular weight is 239 g/mol. The summed E-state index contributed by atoms with van der Waals surface area (Å²) < 4.78 is 15.8. The van der Waals surface area contributed by atoms with Crippen LogP contribution >= 0.6 is 0 Å². The second-order valence-corrected chi connectivity index (χ2v) is 3.76. The van der Waals surface area contributed by atoms with E-state index in [0.29, 0.717) is 6.61 Å². The van der Waals surface area contributed by atoms with Gasteiger partial charge >= 0.3 is 0 Å². The van der Waals surface area contributed by atoms with Crippen LogP contribution < -0.4 is 14.8 Å². The van der Waals surface area contributed by atoms with Gasteiger partial charge in [-0.05, 0) is 43.3 Å². The van der Waals surface area contributed by atoms with E-state index in [9.17, 15) is 0 Å². The number of likely N-dealkylation sites (N-methyl/N-ethyl adjacent to an activating group) is 1. The summed E-state index contributed by atoms with van der Waals surface area (Å²) in [5.41, 5.74) is 2.36. The third-order valence-electron chi connectivity index (χ3n) is 2.65. The highest BCUT2D eigenvalue weighted by Crippen LogP contribution is 2.31. The summed E-state index contributed by atoms with van der Waals surface area (Å²) in [5, 5.41) is 3.14. The van der Waals surface area contributed by atoms with Crippen molar-refractivity contribution in [3.05, 3.63) is 23.3 Å². The zero-order valence-corrected chi connectivity index (χ0v) is 11.0. The molecule has 0 radical (unpaired) electrons. The Morgan fingerprint density at radius 2 is 1.59 bits per heavy atom. The maximum atomic E-state index is 5.30. The first-order chi connectivity index (χ1) is 8.26. The molecule has 1 aromatic rings. The Morgan fingerprint density at radius 3 is 2.06 bits per heavy atom. The van der Waals surface area contributed by atoms with Gasteiger partial charge in [-0.15, -0.1) is 0 Å². The molecule has 0 bridgehead atoms. The summed E-state index contributed by atoms with van der Waals surface area (Å²) in [6.45, 7) is 1.51. The first-order valence-electron chi connectivity index (χ1n) is 5.64. The summed E-state index contributed by atoms with van der Waals surface area (Å²) in [7, 11) is 6.92. The van der Waals surface area contributed by atoms with Crippen molar-refractivity contribution in [3.63, 3.8) is 0 Å². The van der Waals surface area contributed by atoms with E-state index >= 15 is 0 Å². The largest absolute Gasteiger partial charge is 0.493 e. The fourth-order valence-electron chi connectivity index (χ4n) is 1.75. The summed E-state index contributed by atoms with van der Waals surface area (Å²) in [6, 6.07) is 4.00. The van der Waals surface area contributed by atoms with Crippen molar-refractivity contribution in [2.24, 2.45) is 0 Å². The van der Waals surface area contributed by atoms with Crippen LogP contribution in [0, 0.1) is 0 Å². The van der Waals surface area contributed by atoms with Crippen molar-refractivity contribution in [3.8, 4) is 11.5 Å². The van der Waals surface area contributed by atoms with Gasteiger partial charge in [-0.3, -0.25) is 0 Å². The second kappa shape index (κ2) is 7.14. The Labute approximate surface area is 103 Å². The van der Waals surface area contributed by atoms with E-state index in [-0.39, 0.29) is 0 Å². The van der Waals surface area contributed by atoms with Crippen molar-refractivity contribution in [2.75, 3.05) is 34.9 Å². The standard InChI is InChI=1S/C13H21NO3/c1-14-6-5-10-7-12(16-3)13(17-4)8-11(10)9-15-2/h7-8,14H,5-6,9H2,1-4H3. The van der Waals surface area contributed by atoms with E-state index in [1.165, 1.54) is 5.56 Å². The number of benzene rings is 1. The van der Waals surface area contributed by atoms with Crippen molar-refractivity contribution < 1.29 is 14.2 Å². The fraction of sp³-hybridized carbons (Fsp3) is 0.538. The lowest BCUT2D eigenvalue weighted by Crippen LogP contribution is -2.12. The molecule has 0 saturated heterocycles. The van der Waals surface area contributed by atoms with Crippen molar-refractivity contribution >= 4 is 0 Å². The zero-order chi connectivity index (χ0) is 12.7. The lowest BCUT2D eigenvalue weighted by atomic mass is 10.0. The van der Waals surface area contributed by atoms with Gasteiger partial charge in [-0.25, -0.2) is 0 Å². The van der Waals surface area contributed by atoms with Crippen LogP contribution in [0.2, 0.25) is 0 Å². The molecule has 0 aliphatic carbocycles. The van der Waals surface area contributed by atoms with Gasteiger partial charge < -0.3 is 19.5 Å². The number of rotatable bonds is 7. The predicted octanol–water partition coefficient (Wildman–Crippen LogP) is 1.61. The minimum absolute atomic E-state index is 0.583. The fourth-order valence-corrected chi connectivity index (χ4v) is 1.75. The minimum Gasteiger partial charge on any atom is -0.493 e. The Morgan fingerprint density at radius 1 is 1.00 bits per heavy atom. The molecule has 1 N–H and O–H groups in total. The maximum absolute atomic E-state index is 5.30. The number of nitrogens with one attached hydrogen (secondary N) is 1. The molecule has 0 aromatic heterocycles. The first kappa shape index (κ1) is 13.8. The highest BCUT2D eigenvalue weighted by atomic mass is 16.5. The highest BCUT2D eigenvalue weighted by Gasteiger charge is 2.10. The van der Waals surface area contributed by atoms with E-state index < -0.39 is 0 Å². The Hall–Kier alpha value is -1.26. The average Bonchev–Trinajstić information content (AvgIpc) is 2.37. The molecule has 0 unspecified atom stereocenters. The number of hydrogen-bond donors (Lipinski definition) is 1. The van der Waals surface area contributed by atoms with Crippen LogP contribution in [-0.4, -0.2) is 34.9 Å². The van der Waals surface area contributed by atoms with E-state index in [4.69, 9.17) is 14.2 Å². The van der Waals surface area contributed by atoms with Gasteiger partial charge in [0.15, 0.2) is 11.5 Å². The van der Waals surface area contributed by atoms with Gasteiger partial charge in [0.05, 0.1) is 20.8 Å². The van der Waals surface area contributed by atoms with Crippen molar-refractivity contribution in [2.45, 2.75) is 13.0 Å². The Balaban J connectivity index is 3.05.